The molecule has 2 aromatic rings. The van der Waals surface area contributed by atoms with Crippen LogP contribution in [-0.4, -0.2) is 41.5 Å². The number of ether oxygens (including phenoxy) is 1. The van der Waals surface area contributed by atoms with Gasteiger partial charge in [-0.2, -0.15) is 5.10 Å². The Kier molecular flexibility index (Phi) is 4.85. The van der Waals surface area contributed by atoms with Gasteiger partial charge in [0.2, 0.25) is 0 Å². The van der Waals surface area contributed by atoms with Gasteiger partial charge >= 0.3 is 0 Å². The number of amides is 1. The second-order valence-electron chi connectivity index (χ2n) is 6.54. The van der Waals surface area contributed by atoms with Crippen molar-refractivity contribution in [3.63, 3.8) is 0 Å². The average molecular weight is 329 g/mol. The number of H-pyrrole nitrogens is 1. The molecule has 0 spiro atoms. The molecule has 1 fully saturated rings. The van der Waals surface area contributed by atoms with Gasteiger partial charge in [-0.05, 0) is 43.2 Å². The van der Waals surface area contributed by atoms with E-state index in [0.717, 1.165) is 18.4 Å². The van der Waals surface area contributed by atoms with Crippen LogP contribution in [0.15, 0.2) is 30.3 Å². The molecule has 3 rings (SSSR count). The van der Waals surface area contributed by atoms with Gasteiger partial charge in [-0.25, -0.2) is 0 Å². The normalized spacial score (nSPS) is 16.2. The molecule has 3 N–H and O–H groups in total. The molecule has 0 aliphatic heterocycles. The van der Waals surface area contributed by atoms with E-state index >= 15 is 0 Å². The summed E-state index contributed by atoms with van der Waals surface area (Å²) in [6.07, 6.45) is 4.55. The number of nitrogens with zero attached hydrogens (tertiary/aromatic N) is 1. The molecule has 1 aromatic carbocycles. The monoisotopic (exact) mass is 329 g/mol. The lowest BCUT2D eigenvalue weighted by Gasteiger charge is -2.28. The van der Waals surface area contributed by atoms with Gasteiger partial charge in [0.25, 0.3) is 5.91 Å². The molecular formula is C18H23N3O3. The number of hydrogen-bond acceptors (Lipinski definition) is 4. The highest BCUT2D eigenvalue weighted by molar-refractivity contribution is 5.93. The zero-order valence-corrected chi connectivity index (χ0v) is 13.8. The number of benzene rings is 1. The molecule has 1 heterocycles. The number of methoxy groups -OCH3 is 1. The molecule has 1 aromatic heterocycles. The first kappa shape index (κ1) is 16.5. The molecule has 1 aliphatic rings. The molecule has 0 bridgehead atoms. The highest BCUT2D eigenvalue weighted by Gasteiger charge is 2.34. The summed E-state index contributed by atoms with van der Waals surface area (Å²) in [7, 11) is 1.71. The van der Waals surface area contributed by atoms with Crippen molar-refractivity contribution in [1.29, 1.82) is 0 Å². The van der Waals surface area contributed by atoms with Crippen LogP contribution >= 0.6 is 0 Å². The van der Waals surface area contributed by atoms with Crippen LogP contribution < -0.4 is 5.32 Å². The van der Waals surface area contributed by atoms with E-state index in [-0.39, 0.29) is 17.1 Å². The lowest BCUT2D eigenvalue weighted by atomic mass is 9.87. The Labute approximate surface area is 141 Å². The van der Waals surface area contributed by atoms with Crippen molar-refractivity contribution in [3.05, 3.63) is 36.0 Å². The van der Waals surface area contributed by atoms with Crippen molar-refractivity contribution in [2.75, 3.05) is 20.3 Å². The van der Waals surface area contributed by atoms with E-state index in [1.807, 2.05) is 0 Å². The fourth-order valence-electron chi connectivity index (χ4n) is 3.38. The second-order valence-corrected chi connectivity index (χ2v) is 6.54. The van der Waals surface area contributed by atoms with E-state index < -0.39 is 0 Å². The zero-order chi connectivity index (χ0) is 17.0. The number of phenolic OH excluding ortho intramolecular Hbond substituents is 1. The van der Waals surface area contributed by atoms with Crippen molar-refractivity contribution in [3.8, 4) is 17.0 Å². The minimum absolute atomic E-state index is 0.0597. The van der Waals surface area contributed by atoms with Crippen LogP contribution in [0, 0.1) is 5.41 Å². The SMILES string of the molecule is COCC1(CNC(=O)c2cc(-c3ccc(O)cc3)n[nH]2)CCCC1. The van der Waals surface area contributed by atoms with Crippen LogP contribution in [-0.2, 0) is 4.74 Å². The molecule has 6 nitrogen and oxygen atoms in total. The van der Waals surface area contributed by atoms with Gasteiger partial charge in [0.05, 0.1) is 12.3 Å². The van der Waals surface area contributed by atoms with Crippen LogP contribution in [0.3, 0.4) is 0 Å². The maximum absolute atomic E-state index is 12.4. The van der Waals surface area contributed by atoms with Crippen molar-refractivity contribution < 1.29 is 14.6 Å². The summed E-state index contributed by atoms with van der Waals surface area (Å²) in [4.78, 5) is 12.4. The van der Waals surface area contributed by atoms with Gasteiger partial charge in [-0.15, -0.1) is 0 Å². The summed E-state index contributed by atoms with van der Waals surface area (Å²) < 4.78 is 5.35. The third-order valence-electron chi connectivity index (χ3n) is 4.72. The molecule has 0 atom stereocenters. The van der Waals surface area contributed by atoms with Crippen LogP contribution in [0.25, 0.3) is 11.3 Å². The lowest BCUT2D eigenvalue weighted by molar-refractivity contribution is 0.0738. The largest absolute Gasteiger partial charge is 0.508 e. The first-order valence-corrected chi connectivity index (χ1v) is 8.24. The summed E-state index contributed by atoms with van der Waals surface area (Å²) in [5, 5.41) is 19.3. The van der Waals surface area contributed by atoms with E-state index in [4.69, 9.17) is 4.74 Å². The Morgan fingerprint density at radius 1 is 1.33 bits per heavy atom. The summed E-state index contributed by atoms with van der Waals surface area (Å²) in [5.74, 6) is 0.0437. The van der Waals surface area contributed by atoms with Crippen LogP contribution in [0.4, 0.5) is 0 Å². The van der Waals surface area contributed by atoms with Crippen LogP contribution in [0.1, 0.15) is 36.2 Å². The number of nitrogens with one attached hydrogen (secondary N) is 2. The standard InChI is InChI=1S/C18H23N3O3/c1-24-12-18(8-2-3-9-18)11-19-17(23)16-10-15(20-21-16)13-4-6-14(22)7-5-13/h4-7,10,22H,2-3,8-9,11-12H2,1H3,(H,19,23)(H,20,21). The maximum Gasteiger partial charge on any atom is 0.269 e. The van der Waals surface area contributed by atoms with Crippen molar-refractivity contribution in [2.45, 2.75) is 25.7 Å². The van der Waals surface area contributed by atoms with Crippen LogP contribution in [0.2, 0.25) is 0 Å². The summed E-state index contributed by atoms with van der Waals surface area (Å²) in [5.41, 5.74) is 2.01. The van der Waals surface area contributed by atoms with Gasteiger partial charge in [0, 0.05) is 24.6 Å². The molecule has 0 unspecified atom stereocenters. The molecule has 6 heteroatoms. The Balaban J connectivity index is 1.64. The number of hydrogen-bond donors (Lipinski definition) is 3. The average Bonchev–Trinajstić information content (AvgIpc) is 3.24. The first-order valence-electron chi connectivity index (χ1n) is 8.24. The first-order chi connectivity index (χ1) is 11.6. The summed E-state index contributed by atoms with van der Waals surface area (Å²) in [6, 6.07) is 8.44. The van der Waals surface area contributed by atoms with Gasteiger partial charge < -0.3 is 15.2 Å². The zero-order valence-electron chi connectivity index (χ0n) is 13.8. The number of aromatic amines is 1. The van der Waals surface area contributed by atoms with Gasteiger partial charge in [-0.3, -0.25) is 9.89 Å². The summed E-state index contributed by atoms with van der Waals surface area (Å²) in [6.45, 7) is 1.29. The maximum atomic E-state index is 12.4. The smallest absolute Gasteiger partial charge is 0.269 e. The minimum atomic E-state index is -0.157. The topological polar surface area (TPSA) is 87.2 Å². The van der Waals surface area contributed by atoms with Crippen molar-refractivity contribution in [1.82, 2.24) is 15.5 Å². The fourth-order valence-corrected chi connectivity index (χ4v) is 3.38. The van der Waals surface area contributed by atoms with Gasteiger partial charge in [0.15, 0.2) is 0 Å². The number of rotatable bonds is 6. The summed E-state index contributed by atoms with van der Waals surface area (Å²) >= 11 is 0. The predicted octanol–water partition coefficient (Wildman–Crippen LogP) is 2.72. The van der Waals surface area contributed by atoms with E-state index in [9.17, 15) is 9.90 Å². The highest BCUT2D eigenvalue weighted by Crippen LogP contribution is 2.37. The second kappa shape index (κ2) is 7.05. The van der Waals surface area contributed by atoms with Crippen molar-refractivity contribution >= 4 is 5.91 Å². The number of phenols is 1. The molecule has 24 heavy (non-hydrogen) atoms. The number of aromatic nitrogens is 2. The Morgan fingerprint density at radius 3 is 2.71 bits per heavy atom. The molecule has 1 amide bonds. The van der Waals surface area contributed by atoms with Crippen LogP contribution in [0.5, 0.6) is 5.75 Å². The Morgan fingerprint density at radius 2 is 2.04 bits per heavy atom. The molecule has 0 saturated heterocycles. The van der Waals surface area contributed by atoms with E-state index in [1.54, 1.807) is 37.4 Å². The van der Waals surface area contributed by atoms with Crippen molar-refractivity contribution in [2.24, 2.45) is 5.41 Å². The molecule has 1 saturated carbocycles. The molecule has 128 valence electrons. The van der Waals surface area contributed by atoms with E-state index in [2.05, 4.69) is 15.5 Å². The van der Waals surface area contributed by atoms with Gasteiger partial charge in [-0.1, -0.05) is 12.8 Å². The molecule has 1 aliphatic carbocycles. The Hall–Kier alpha value is -2.34. The Bertz CT molecular complexity index is 688. The minimum Gasteiger partial charge on any atom is -0.508 e. The third-order valence-corrected chi connectivity index (χ3v) is 4.72. The molecule has 0 radical (unpaired) electrons. The van der Waals surface area contributed by atoms with E-state index in [0.29, 0.717) is 24.5 Å². The number of carbonyl (C=O) groups is 1. The number of aromatic hydroxyl groups is 1. The lowest BCUT2D eigenvalue weighted by Crippen LogP contribution is -2.38. The number of carbonyl (C=O) groups excluding carboxylic acids is 1. The predicted molar refractivity (Wildman–Crippen MR) is 90.8 cm³/mol. The quantitative estimate of drug-likeness (QED) is 0.760. The van der Waals surface area contributed by atoms with Gasteiger partial charge in [0.1, 0.15) is 11.4 Å². The third kappa shape index (κ3) is 3.59. The highest BCUT2D eigenvalue weighted by atomic mass is 16.5. The molecular weight excluding hydrogens is 306 g/mol. The van der Waals surface area contributed by atoms with E-state index in [1.165, 1.54) is 12.8 Å². The fraction of sp³-hybridized carbons (Fsp3) is 0.444.